The maximum Gasteiger partial charge on any atom is 0.317 e. The molecular formula is C17H32N2O3. The lowest BCUT2D eigenvalue weighted by Crippen LogP contribution is -2.50. The number of nitrogens with one attached hydrogen (secondary N) is 1. The van der Waals surface area contributed by atoms with E-state index < -0.39 is 6.10 Å². The number of carbonyl (C=O) groups is 1. The average Bonchev–Trinajstić information content (AvgIpc) is 3.03. The van der Waals surface area contributed by atoms with Gasteiger partial charge in [-0.25, -0.2) is 4.79 Å². The van der Waals surface area contributed by atoms with Crippen LogP contribution in [-0.2, 0) is 4.74 Å². The van der Waals surface area contributed by atoms with E-state index in [-0.39, 0.29) is 18.1 Å². The molecule has 0 aromatic carbocycles. The van der Waals surface area contributed by atoms with Crippen LogP contribution in [0.1, 0.15) is 52.4 Å². The number of nitrogens with zero attached hydrogens (tertiary/aromatic N) is 1. The molecule has 128 valence electrons. The van der Waals surface area contributed by atoms with Gasteiger partial charge in [-0.05, 0) is 44.4 Å². The molecule has 3 unspecified atom stereocenters. The molecule has 0 aromatic heterocycles. The maximum atomic E-state index is 12.2. The first kappa shape index (κ1) is 17.5. The summed E-state index contributed by atoms with van der Waals surface area (Å²) < 4.78 is 5.88. The van der Waals surface area contributed by atoms with Crippen molar-refractivity contribution in [2.75, 3.05) is 26.2 Å². The second kappa shape index (κ2) is 8.73. The van der Waals surface area contributed by atoms with Crippen molar-refractivity contribution < 1.29 is 14.6 Å². The summed E-state index contributed by atoms with van der Waals surface area (Å²) >= 11 is 0. The van der Waals surface area contributed by atoms with Crippen molar-refractivity contribution in [1.29, 1.82) is 0 Å². The number of likely N-dealkylation sites (tertiary alicyclic amines) is 1. The van der Waals surface area contributed by atoms with Crippen molar-refractivity contribution in [3.63, 3.8) is 0 Å². The van der Waals surface area contributed by atoms with E-state index >= 15 is 0 Å². The highest BCUT2D eigenvalue weighted by molar-refractivity contribution is 5.74. The molecule has 0 spiro atoms. The fourth-order valence-electron chi connectivity index (χ4n) is 3.66. The van der Waals surface area contributed by atoms with E-state index in [1.807, 2.05) is 13.8 Å². The van der Waals surface area contributed by atoms with Crippen molar-refractivity contribution in [2.24, 2.45) is 11.8 Å². The van der Waals surface area contributed by atoms with Gasteiger partial charge in [0.1, 0.15) is 0 Å². The zero-order valence-corrected chi connectivity index (χ0v) is 14.1. The normalized spacial score (nSPS) is 27.9. The van der Waals surface area contributed by atoms with Crippen LogP contribution in [0.4, 0.5) is 4.79 Å². The third kappa shape index (κ3) is 4.85. The van der Waals surface area contributed by atoms with E-state index in [0.29, 0.717) is 19.0 Å². The lowest BCUT2D eigenvalue weighted by atomic mass is 9.96. The molecule has 1 aliphatic carbocycles. The minimum atomic E-state index is -0.394. The third-order valence-electron chi connectivity index (χ3n) is 5.22. The number of piperidine rings is 1. The van der Waals surface area contributed by atoms with Gasteiger partial charge in [0.15, 0.2) is 0 Å². The molecular weight excluding hydrogens is 280 g/mol. The summed E-state index contributed by atoms with van der Waals surface area (Å²) in [5.74, 6) is 0.947. The predicted octanol–water partition coefficient (Wildman–Crippen LogP) is 2.38. The molecule has 2 fully saturated rings. The number of β-amino-alcohol motifs (C(OH)–C–C–N with tert-alkyl or cyclic N) is 1. The molecule has 0 radical (unpaired) electrons. The van der Waals surface area contributed by atoms with Crippen molar-refractivity contribution in [3.05, 3.63) is 0 Å². The van der Waals surface area contributed by atoms with Crippen LogP contribution in [0.2, 0.25) is 0 Å². The molecule has 5 nitrogen and oxygen atoms in total. The molecule has 1 saturated carbocycles. The topological polar surface area (TPSA) is 61.8 Å². The molecule has 1 saturated heterocycles. The van der Waals surface area contributed by atoms with E-state index in [0.717, 1.165) is 26.0 Å². The van der Waals surface area contributed by atoms with Crippen molar-refractivity contribution in [2.45, 2.75) is 64.6 Å². The Hall–Kier alpha value is -0.810. The number of carbonyl (C=O) groups excluding carboxylic acids is 1. The molecule has 2 N–H and O–H groups in total. The van der Waals surface area contributed by atoms with Crippen LogP contribution in [0.25, 0.3) is 0 Å². The highest BCUT2D eigenvalue weighted by atomic mass is 16.5. The maximum absolute atomic E-state index is 12.2. The van der Waals surface area contributed by atoms with E-state index in [9.17, 15) is 9.90 Å². The number of aliphatic hydroxyl groups is 1. The van der Waals surface area contributed by atoms with Gasteiger partial charge in [0.25, 0.3) is 0 Å². The molecule has 0 bridgehead atoms. The van der Waals surface area contributed by atoms with Crippen LogP contribution in [0.5, 0.6) is 0 Å². The molecule has 2 amide bonds. The SMILES string of the molecule is CCOC(CCNC(=O)N1CCC(C)C(O)C1)C1CCCC1. The van der Waals surface area contributed by atoms with Gasteiger partial charge in [-0.3, -0.25) is 0 Å². The van der Waals surface area contributed by atoms with Crippen molar-refractivity contribution in [3.8, 4) is 0 Å². The predicted molar refractivity (Wildman–Crippen MR) is 86.7 cm³/mol. The Labute approximate surface area is 134 Å². The molecule has 0 aromatic rings. The number of ether oxygens (including phenoxy) is 1. The molecule has 1 heterocycles. The molecule has 2 rings (SSSR count). The van der Waals surface area contributed by atoms with Crippen LogP contribution < -0.4 is 5.32 Å². The Bertz CT molecular complexity index is 345. The lowest BCUT2D eigenvalue weighted by molar-refractivity contribution is 0.0158. The number of hydrogen-bond donors (Lipinski definition) is 2. The average molecular weight is 312 g/mol. The second-order valence-electron chi connectivity index (χ2n) is 6.84. The third-order valence-corrected chi connectivity index (χ3v) is 5.22. The van der Waals surface area contributed by atoms with Crippen LogP contribution in [0, 0.1) is 11.8 Å². The zero-order chi connectivity index (χ0) is 15.9. The molecule has 22 heavy (non-hydrogen) atoms. The van der Waals surface area contributed by atoms with E-state index in [4.69, 9.17) is 4.74 Å². The number of hydrogen-bond acceptors (Lipinski definition) is 3. The molecule has 5 heteroatoms. The highest BCUT2D eigenvalue weighted by Crippen LogP contribution is 2.30. The van der Waals surface area contributed by atoms with Crippen molar-refractivity contribution in [1.82, 2.24) is 10.2 Å². The van der Waals surface area contributed by atoms with Gasteiger partial charge in [-0.2, -0.15) is 0 Å². The summed E-state index contributed by atoms with van der Waals surface area (Å²) in [6.45, 7) is 6.66. The number of aliphatic hydroxyl groups excluding tert-OH is 1. The molecule has 2 aliphatic rings. The molecule has 3 atom stereocenters. The zero-order valence-electron chi connectivity index (χ0n) is 14.1. The number of urea groups is 1. The number of rotatable bonds is 6. The first-order valence-corrected chi connectivity index (χ1v) is 8.94. The van der Waals surface area contributed by atoms with E-state index in [1.165, 1.54) is 25.7 Å². The minimum absolute atomic E-state index is 0.0485. The van der Waals surface area contributed by atoms with Gasteiger partial charge in [-0.1, -0.05) is 19.8 Å². The Balaban J connectivity index is 1.70. The highest BCUT2D eigenvalue weighted by Gasteiger charge is 2.28. The van der Waals surface area contributed by atoms with Crippen molar-refractivity contribution >= 4 is 6.03 Å². The molecule has 1 aliphatic heterocycles. The minimum Gasteiger partial charge on any atom is -0.391 e. The largest absolute Gasteiger partial charge is 0.391 e. The van der Waals surface area contributed by atoms with E-state index in [2.05, 4.69) is 5.32 Å². The van der Waals surface area contributed by atoms with Gasteiger partial charge in [0, 0.05) is 26.2 Å². The smallest absolute Gasteiger partial charge is 0.317 e. The van der Waals surface area contributed by atoms with Gasteiger partial charge >= 0.3 is 6.03 Å². The number of amides is 2. The summed E-state index contributed by atoms with van der Waals surface area (Å²) in [5, 5.41) is 12.9. The van der Waals surface area contributed by atoms with Gasteiger partial charge in [0.05, 0.1) is 12.2 Å². The summed E-state index contributed by atoms with van der Waals surface area (Å²) in [6.07, 6.45) is 6.78. The Morgan fingerprint density at radius 2 is 2.09 bits per heavy atom. The monoisotopic (exact) mass is 312 g/mol. The summed E-state index contributed by atoms with van der Waals surface area (Å²) in [6, 6.07) is -0.0485. The first-order chi connectivity index (χ1) is 10.6. The van der Waals surface area contributed by atoms with Crippen LogP contribution in [0.15, 0.2) is 0 Å². The van der Waals surface area contributed by atoms with E-state index in [1.54, 1.807) is 4.90 Å². The standard InChI is InChI=1S/C17H32N2O3/c1-3-22-16(14-6-4-5-7-14)8-10-18-17(21)19-11-9-13(2)15(20)12-19/h13-16,20H,3-12H2,1-2H3,(H,18,21). The fourth-order valence-corrected chi connectivity index (χ4v) is 3.66. The van der Waals surface area contributed by atoms with Crippen LogP contribution in [0.3, 0.4) is 0 Å². The fraction of sp³-hybridized carbons (Fsp3) is 0.941. The second-order valence-corrected chi connectivity index (χ2v) is 6.84. The Morgan fingerprint density at radius 3 is 2.73 bits per heavy atom. The Kier molecular flexibility index (Phi) is 6.96. The van der Waals surface area contributed by atoms with Gasteiger partial charge in [0.2, 0.25) is 0 Å². The van der Waals surface area contributed by atoms with Crippen LogP contribution in [-0.4, -0.2) is 54.5 Å². The first-order valence-electron chi connectivity index (χ1n) is 8.94. The lowest BCUT2D eigenvalue weighted by Gasteiger charge is -2.34. The Morgan fingerprint density at radius 1 is 1.36 bits per heavy atom. The van der Waals surface area contributed by atoms with Gasteiger partial charge in [-0.15, -0.1) is 0 Å². The summed E-state index contributed by atoms with van der Waals surface area (Å²) in [5.41, 5.74) is 0. The summed E-state index contributed by atoms with van der Waals surface area (Å²) in [7, 11) is 0. The summed E-state index contributed by atoms with van der Waals surface area (Å²) in [4.78, 5) is 13.9. The van der Waals surface area contributed by atoms with Crippen LogP contribution >= 0.6 is 0 Å². The van der Waals surface area contributed by atoms with Gasteiger partial charge < -0.3 is 20.1 Å². The quantitative estimate of drug-likeness (QED) is 0.791.